The van der Waals surface area contributed by atoms with Crippen LogP contribution in [0.1, 0.15) is 25.5 Å². The maximum Gasteiger partial charge on any atom is 0.241 e. The third-order valence-electron chi connectivity index (χ3n) is 3.12. The topological polar surface area (TPSA) is 88.3 Å². The summed E-state index contributed by atoms with van der Waals surface area (Å²) < 4.78 is 0. The third kappa shape index (κ3) is 10.9. The summed E-state index contributed by atoms with van der Waals surface area (Å²) in [5, 5.41) is 2.62. The van der Waals surface area contributed by atoms with Crippen molar-refractivity contribution < 1.29 is 9.59 Å². The van der Waals surface area contributed by atoms with E-state index in [1.54, 1.807) is 18.1 Å². The smallest absolute Gasteiger partial charge is 0.241 e. The Hall–Kier alpha value is -1.37. The fourth-order valence-corrected chi connectivity index (χ4v) is 1.71. The van der Waals surface area contributed by atoms with Crippen LogP contribution in [0, 0.1) is 0 Å². The molecule has 1 heterocycles. The summed E-state index contributed by atoms with van der Waals surface area (Å²) >= 11 is 0. The molecule has 0 spiro atoms. The summed E-state index contributed by atoms with van der Waals surface area (Å²) in [6.45, 7) is 2.45. The lowest BCUT2D eigenvalue weighted by atomic mass is 10.2. The maximum atomic E-state index is 11.9. The Labute approximate surface area is 150 Å². The fraction of sp³-hybridized carbons (Fsp3) is 0.533. The lowest BCUT2D eigenvalue weighted by molar-refractivity contribution is -0.131. The van der Waals surface area contributed by atoms with Crippen molar-refractivity contribution >= 4 is 36.6 Å². The van der Waals surface area contributed by atoms with E-state index in [9.17, 15) is 9.59 Å². The van der Waals surface area contributed by atoms with Crippen molar-refractivity contribution in [3.8, 4) is 0 Å². The second-order valence-electron chi connectivity index (χ2n) is 5.18. The molecule has 132 valence electrons. The van der Waals surface area contributed by atoms with Crippen LogP contribution in [0.5, 0.6) is 0 Å². The molecule has 0 aliphatic rings. The molecule has 2 amide bonds. The summed E-state index contributed by atoms with van der Waals surface area (Å²) in [7, 11) is 1.72. The molecule has 1 aromatic heterocycles. The predicted octanol–water partition coefficient (Wildman–Crippen LogP) is 1.17. The molecule has 3 N–H and O–H groups in total. The van der Waals surface area contributed by atoms with Crippen LogP contribution in [0.25, 0.3) is 0 Å². The minimum Gasteiger partial charge on any atom is -0.347 e. The summed E-state index contributed by atoms with van der Waals surface area (Å²) in [5.41, 5.74) is 6.52. The van der Waals surface area contributed by atoms with E-state index in [1.807, 2.05) is 25.1 Å². The summed E-state index contributed by atoms with van der Waals surface area (Å²) in [6.07, 6.45) is 3.40. The number of hydrogen-bond donors (Lipinski definition) is 2. The van der Waals surface area contributed by atoms with Gasteiger partial charge in [-0.15, -0.1) is 24.8 Å². The van der Waals surface area contributed by atoms with Crippen LogP contribution in [-0.4, -0.2) is 47.9 Å². The highest BCUT2D eigenvalue weighted by Crippen LogP contribution is 1.97. The van der Waals surface area contributed by atoms with Crippen LogP contribution in [0.3, 0.4) is 0 Å². The van der Waals surface area contributed by atoms with E-state index < -0.39 is 0 Å². The molecule has 0 aliphatic heterocycles. The number of pyridine rings is 1. The van der Waals surface area contributed by atoms with Gasteiger partial charge in [0, 0.05) is 44.4 Å². The molecule has 0 radical (unpaired) electrons. The van der Waals surface area contributed by atoms with Crippen LogP contribution in [0.15, 0.2) is 24.4 Å². The zero-order chi connectivity index (χ0) is 15.7. The molecule has 0 aliphatic carbocycles. The van der Waals surface area contributed by atoms with Crippen molar-refractivity contribution in [2.75, 3.05) is 20.1 Å². The Kier molecular flexibility index (Phi) is 13.6. The zero-order valence-electron chi connectivity index (χ0n) is 13.5. The van der Waals surface area contributed by atoms with Gasteiger partial charge in [0.15, 0.2) is 0 Å². The van der Waals surface area contributed by atoms with Crippen LogP contribution in [-0.2, 0) is 16.0 Å². The predicted molar refractivity (Wildman–Crippen MR) is 96.0 cm³/mol. The fourth-order valence-electron chi connectivity index (χ4n) is 1.71. The molecule has 1 aromatic rings. The molecule has 1 unspecified atom stereocenters. The van der Waals surface area contributed by atoms with E-state index in [2.05, 4.69) is 10.3 Å². The maximum absolute atomic E-state index is 11.9. The lowest BCUT2D eigenvalue weighted by Crippen LogP contribution is -2.39. The SMILES string of the molecule is CC(N)CCC(=O)NCC(=O)N(C)CCc1ccccn1.Cl.Cl. The Balaban J connectivity index is 0. The molecule has 1 atom stereocenters. The molecular weight excluding hydrogens is 339 g/mol. The number of likely N-dealkylation sites (N-methyl/N-ethyl adjacent to an activating group) is 1. The number of nitrogens with one attached hydrogen (secondary N) is 1. The van der Waals surface area contributed by atoms with E-state index in [0.29, 0.717) is 25.8 Å². The van der Waals surface area contributed by atoms with Crippen molar-refractivity contribution in [3.63, 3.8) is 0 Å². The number of amides is 2. The monoisotopic (exact) mass is 364 g/mol. The van der Waals surface area contributed by atoms with Crippen LogP contribution in [0.2, 0.25) is 0 Å². The number of rotatable bonds is 8. The lowest BCUT2D eigenvalue weighted by Gasteiger charge is -2.17. The van der Waals surface area contributed by atoms with Gasteiger partial charge < -0.3 is 16.0 Å². The number of nitrogens with zero attached hydrogens (tertiary/aromatic N) is 2. The molecule has 0 aromatic carbocycles. The highest BCUT2D eigenvalue weighted by Gasteiger charge is 2.11. The van der Waals surface area contributed by atoms with Crippen molar-refractivity contribution in [2.24, 2.45) is 5.73 Å². The van der Waals surface area contributed by atoms with Gasteiger partial charge in [-0.05, 0) is 25.5 Å². The molecule has 0 fully saturated rings. The van der Waals surface area contributed by atoms with E-state index in [-0.39, 0.29) is 49.2 Å². The van der Waals surface area contributed by atoms with Crippen LogP contribution >= 0.6 is 24.8 Å². The van der Waals surface area contributed by atoms with Gasteiger partial charge in [-0.3, -0.25) is 14.6 Å². The molecule has 23 heavy (non-hydrogen) atoms. The average molecular weight is 365 g/mol. The third-order valence-corrected chi connectivity index (χ3v) is 3.12. The quantitative estimate of drug-likeness (QED) is 0.724. The number of halogens is 2. The van der Waals surface area contributed by atoms with Gasteiger partial charge in [-0.1, -0.05) is 6.07 Å². The summed E-state index contributed by atoms with van der Waals surface area (Å²) in [6, 6.07) is 5.69. The zero-order valence-corrected chi connectivity index (χ0v) is 15.2. The first-order valence-corrected chi connectivity index (χ1v) is 7.15. The Morgan fingerprint density at radius 3 is 2.61 bits per heavy atom. The standard InChI is InChI=1S/C15H24N4O2.2ClH/c1-12(16)6-7-14(20)18-11-15(21)19(2)10-8-13-5-3-4-9-17-13;;/h3-5,9,12H,6-8,10-11,16H2,1-2H3,(H,18,20);2*1H. The number of aromatic nitrogens is 1. The van der Waals surface area contributed by atoms with Crippen molar-refractivity contribution in [2.45, 2.75) is 32.2 Å². The normalized spacial score (nSPS) is 10.7. The highest BCUT2D eigenvalue weighted by molar-refractivity contribution is 5.85. The van der Waals surface area contributed by atoms with E-state index in [0.717, 1.165) is 5.69 Å². The molecule has 1 rings (SSSR count). The first-order chi connectivity index (χ1) is 9.99. The highest BCUT2D eigenvalue weighted by atomic mass is 35.5. The van der Waals surface area contributed by atoms with Gasteiger partial charge in [0.05, 0.1) is 6.54 Å². The van der Waals surface area contributed by atoms with E-state index in [1.165, 1.54) is 0 Å². The first kappa shape index (κ1) is 23.9. The minimum atomic E-state index is -0.140. The number of carbonyl (C=O) groups is 2. The number of carbonyl (C=O) groups excluding carboxylic acids is 2. The van der Waals surface area contributed by atoms with Crippen molar-refractivity contribution in [1.82, 2.24) is 15.2 Å². The first-order valence-electron chi connectivity index (χ1n) is 7.15. The molecule has 0 bridgehead atoms. The summed E-state index contributed by atoms with van der Waals surface area (Å²) in [5.74, 6) is -0.251. The van der Waals surface area contributed by atoms with Crippen LogP contribution < -0.4 is 11.1 Å². The minimum absolute atomic E-state index is 0. The second kappa shape index (κ2) is 13.1. The van der Waals surface area contributed by atoms with E-state index >= 15 is 0 Å². The Morgan fingerprint density at radius 1 is 1.35 bits per heavy atom. The molecule has 0 saturated heterocycles. The largest absolute Gasteiger partial charge is 0.347 e. The van der Waals surface area contributed by atoms with Gasteiger partial charge in [0.25, 0.3) is 0 Å². The molecular formula is C15H26Cl2N4O2. The number of nitrogens with two attached hydrogens (primary N) is 1. The Bertz CT molecular complexity index is 458. The van der Waals surface area contributed by atoms with Gasteiger partial charge in [0.1, 0.15) is 0 Å². The summed E-state index contributed by atoms with van der Waals surface area (Å²) in [4.78, 5) is 29.2. The van der Waals surface area contributed by atoms with Crippen LogP contribution in [0.4, 0.5) is 0 Å². The van der Waals surface area contributed by atoms with Gasteiger partial charge in [-0.2, -0.15) is 0 Å². The van der Waals surface area contributed by atoms with Gasteiger partial charge in [-0.25, -0.2) is 0 Å². The van der Waals surface area contributed by atoms with E-state index in [4.69, 9.17) is 5.73 Å². The van der Waals surface area contributed by atoms with Gasteiger partial charge in [0.2, 0.25) is 11.8 Å². The van der Waals surface area contributed by atoms with Gasteiger partial charge >= 0.3 is 0 Å². The average Bonchev–Trinajstić information content (AvgIpc) is 2.49. The van der Waals surface area contributed by atoms with Crippen molar-refractivity contribution in [3.05, 3.63) is 30.1 Å². The molecule has 8 heteroatoms. The van der Waals surface area contributed by atoms with Crippen molar-refractivity contribution in [1.29, 1.82) is 0 Å². The Morgan fingerprint density at radius 2 is 2.04 bits per heavy atom. The molecule has 0 saturated carbocycles. The molecule has 6 nitrogen and oxygen atoms in total. The number of hydrogen-bond acceptors (Lipinski definition) is 4. The second-order valence-corrected chi connectivity index (χ2v) is 5.18.